The molecule has 270 valence electrons. The Hall–Kier alpha value is -4.80. The molecule has 7 rings (SSSR count). The van der Waals surface area contributed by atoms with Crippen molar-refractivity contribution < 1.29 is 35.5 Å². The summed E-state index contributed by atoms with van der Waals surface area (Å²) in [6.45, 7) is 3.76. The van der Waals surface area contributed by atoms with Gasteiger partial charge in [-0.1, -0.05) is 90.8 Å². The number of amides is 1. The van der Waals surface area contributed by atoms with Crippen LogP contribution in [0.15, 0.2) is 103 Å². The van der Waals surface area contributed by atoms with Crippen LogP contribution in [0.4, 0.5) is 13.2 Å². The van der Waals surface area contributed by atoms with Gasteiger partial charge >= 0.3 is 5.51 Å². The van der Waals surface area contributed by atoms with Crippen molar-refractivity contribution >= 4 is 16.0 Å². The molecule has 10 heteroatoms. The molecule has 4 aromatic carbocycles. The number of aromatic nitrogens is 1. The van der Waals surface area contributed by atoms with Gasteiger partial charge in [-0.25, -0.2) is 8.42 Å². The summed E-state index contributed by atoms with van der Waals surface area (Å²) in [5, 5.41) is 3.11. The van der Waals surface area contributed by atoms with Crippen LogP contribution in [0.2, 0.25) is 0 Å². The Bertz CT molecular complexity index is 2090. The molecule has 6 nitrogen and oxygen atoms in total. The van der Waals surface area contributed by atoms with E-state index in [0.29, 0.717) is 0 Å². The number of rotatable bonds is 9. The molecule has 0 unspecified atom stereocenters. The number of hydrogen-bond donors (Lipinski definition) is 1. The molecule has 0 saturated heterocycles. The van der Waals surface area contributed by atoms with Crippen molar-refractivity contribution in [1.29, 1.82) is 0 Å². The molecule has 1 N–H and O–H groups in total. The van der Waals surface area contributed by atoms with Crippen molar-refractivity contribution in [2.24, 2.45) is 0 Å². The number of benzene rings is 4. The first-order chi connectivity index (χ1) is 24.9. The number of halogens is 3. The number of nitrogens with zero attached hydrogens (tertiary/aromatic N) is 1. The Morgan fingerprint density at radius 1 is 0.712 bits per heavy atom. The number of aryl methyl sites for hydroxylation is 3. The SMILES string of the molecule is Cc1ccc(C(=O)NCCCCCC[n+]2c3c(c(-c4ccccc4)c4c2-c2ccccc2CC4)CCc2ccccc2-3)cc1.O=S(=O)([O-])C(F)(F)F. The minimum absolute atomic E-state index is 0.0228. The van der Waals surface area contributed by atoms with Gasteiger partial charge in [-0.2, -0.15) is 17.7 Å². The molecule has 1 amide bonds. The summed E-state index contributed by atoms with van der Waals surface area (Å²) in [6, 6.07) is 37.0. The van der Waals surface area contributed by atoms with Gasteiger partial charge in [0.05, 0.1) is 0 Å². The zero-order valence-corrected chi connectivity index (χ0v) is 29.8. The predicted molar refractivity (Wildman–Crippen MR) is 195 cm³/mol. The van der Waals surface area contributed by atoms with E-state index in [1.165, 1.54) is 61.5 Å². The molecule has 5 aromatic rings. The molecule has 0 saturated carbocycles. The molecular formula is C42H41F3N2O4S. The standard InChI is InChI=1S/C41H40N2O.CHF3O3S/c1-29-19-21-33(22-20-29)41(44)42-27-11-2-3-12-28-43-39-34-17-9-7-13-30(34)23-25-36(39)38(32-15-5-4-6-16-32)37-26-24-31-14-8-10-18-35(31)40(37)43;2-1(3,4)8(5,6)7/h4-10,13-22H,2-3,11-12,23-28H2,1H3;(H,5,6,7). The van der Waals surface area contributed by atoms with Gasteiger partial charge in [0.2, 0.25) is 11.4 Å². The summed E-state index contributed by atoms with van der Waals surface area (Å²) in [6.07, 6.45) is 8.69. The highest BCUT2D eigenvalue weighted by atomic mass is 32.2. The molecule has 0 aliphatic heterocycles. The number of fused-ring (bicyclic) bond motifs is 6. The summed E-state index contributed by atoms with van der Waals surface area (Å²) in [5.41, 5.74) is 10.7. The van der Waals surface area contributed by atoms with E-state index in [2.05, 4.69) is 88.7 Å². The summed E-state index contributed by atoms with van der Waals surface area (Å²) in [5.74, 6) is 0.0228. The van der Waals surface area contributed by atoms with Crippen LogP contribution in [0.1, 0.15) is 63.9 Å². The van der Waals surface area contributed by atoms with Crippen molar-refractivity contribution in [2.45, 2.75) is 70.3 Å². The fraction of sp³-hybridized carbons (Fsp3) is 0.286. The van der Waals surface area contributed by atoms with Gasteiger partial charge < -0.3 is 9.87 Å². The number of alkyl halides is 3. The third-order valence-corrected chi connectivity index (χ3v) is 10.4. The van der Waals surface area contributed by atoms with Crippen LogP contribution in [-0.2, 0) is 42.3 Å². The van der Waals surface area contributed by atoms with E-state index in [-0.39, 0.29) is 5.91 Å². The topological polar surface area (TPSA) is 90.2 Å². The Kier molecular flexibility index (Phi) is 11.3. The molecule has 0 atom stereocenters. The molecule has 1 aromatic heterocycles. The lowest BCUT2D eigenvalue weighted by atomic mass is 9.77. The van der Waals surface area contributed by atoms with E-state index < -0.39 is 15.6 Å². The number of pyridine rings is 1. The van der Waals surface area contributed by atoms with Crippen LogP contribution < -0.4 is 9.88 Å². The minimum Gasteiger partial charge on any atom is -0.741 e. The van der Waals surface area contributed by atoms with E-state index >= 15 is 0 Å². The number of nitrogens with one attached hydrogen (secondary N) is 1. The van der Waals surface area contributed by atoms with E-state index in [0.717, 1.165) is 70.0 Å². The highest BCUT2D eigenvalue weighted by Crippen LogP contribution is 2.44. The Balaban J connectivity index is 0.000000522. The summed E-state index contributed by atoms with van der Waals surface area (Å²) in [4.78, 5) is 12.5. The van der Waals surface area contributed by atoms with Crippen molar-refractivity contribution in [3.8, 4) is 33.6 Å². The van der Waals surface area contributed by atoms with Crippen LogP contribution in [0, 0.1) is 6.92 Å². The monoisotopic (exact) mass is 726 g/mol. The van der Waals surface area contributed by atoms with Crippen LogP contribution in [-0.4, -0.2) is 30.9 Å². The lowest BCUT2D eigenvalue weighted by Gasteiger charge is -2.28. The number of carbonyl (C=O) groups excluding carboxylic acids is 1. The van der Waals surface area contributed by atoms with Gasteiger partial charge in [0.15, 0.2) is 10.1 Å². The van der Waals surface area contributed by atoms with Crippen molar-refractivity contribution in [2.75, 3.05) is 6.54 Å². The first kappa shape index (κ1) is 37.0. The van der Waals surface area contributed by atoms with Crippen molar-refractivity contribution in [3.63, 3.8) is 0 Å². The first-order valence-corrected chi connectivity index (χ1v) is 19.1. The largest absolute Gasteiger partial charge is 0.741 e. The predicted octanol–water partition coefficient (Wildman–Crippen LogP) is 8.52. The molecular weight excluding hydrogens is 686 g/mol. The van der Waals surface area contributed by atoms with Crippen LogP contribution >= 0.6 is 0 Å². The molecule has 0 bridgehead atoms. The number of carbonyl (C=O) groups is 1. The van der Waals surface area contributed by atoms with Crippen LogP contribution in [0.3, 0.4) is 0 Å². The second-order valence-corrected chi connectivity index (χ2v) is 14.7. The second-order valence-electron chi connectivity index (χ2n) is 13.3. The molecule has 0 spiro atoms. The Morgan fingerprint density at radius 2 is 1.21 bits per heavy atom. The maximum absolute atomic E-state index is 12.5. The highest BCUT2D eigenvalue weighted by molar-refractivity contribution is 7.86. The average Bonchev–Trinajstić information content (AvgIpc) is 3.13. The summed E-state index contributed by atoms with van der Waals surface area (Å²) >= 11 is 0. The van der Waals surface area contributed by atoms with Crippen molar-refractivity contribution in [1.82, 2.24) is 5.32 Å². The molecule has 52 heavy (non-hydrogen) atoms. The lowest BCUT2D eigenvalue weighted by molar-refractivity contribution is -0.676. The van der Waals surface area contributed by atoms with Gasteiger partial charge in [0.1, 0.15) is 6.54 Å². The molecule has 1 heterocycles. The first-order valence-electron chi connectivity index (χ1n) is 17.6. The van der Waals surface area contributed by atoms with E-state index in [1.54, 1.807) is 0 Å². The fourth-order valence-corrected chi connectivity index (χ4v) is 7.35. The van der Waals surface area contributed by atoms with Gasteiger partial charge in [-0.05, 0) is 86.4 Å². The molecule has 0 fully saturated rings. The number of hydrogen-bond acceptors (Lipinski definition) is 4. The molecule has 2 aliphatic carbocycles. The lowest BCUT2D eigenvalue weighted by Crippen LogP contribution is -2.43. The average molecular weight is 727 g/mol. The van der Waals surface area contributed by atoms with Gasteiger partial charge in [0, 0.05) is 46.3 Å². The second kappa shape index (κ2) is 15.8. The third kappa shape index (κ3) is 8.13. The highest BCUT2D eigenvalue weighted by Gasteiger charge is 2.38. The third-order valence-electron chi connectivity index (χ3n) is 9.80. The number of unbranched alkanes of at least 4 members (excludes halogenated alkanes) is 3. The zero-order valence-electron chi connectivity index (χ0n) is 29.0. The maximum atomic E-state index is 12.5. The van der Waals surface area contributed by atoms with Gasteiger partial charge in [-0.15, -0.1) is 0 Å². The van der Waals surface area contributed by atoms with E-state index in [1.807, 2.05) is 31.2 Å². The maximum Gasteiger partial charge on any atom is 0.485 e. The Morgan fingerprint density at radius 3 is 1.75 bits per heavy atom. The van der Waals surface area contributed by atoms with E-state index in [4.69, 9.17) is 13.0 Å². The van der Waals surface area contributed by atoms with E-state index in [9.17, 15) is 18.0 Å². The minimum atomic E-state index is -6.09. The normalized spacial score (nSPS) is 13.1. The summed E-state index contributed by atoms with van der Waals surface area (Å²) < 4.78 is 61.6. The Labute approximate surface area is 303 Å². The smallest absolute Gasteiger partial charge is 0.485 e. The molecule has 0 radical (unpaired) electrons. The van der Waals surface area contributed by atoms with Gasteiger partial charge in [0.25, 0.3) is 5.91 Å². The molecule has 2 aliphatic rings. The zero-order chi connectivity index (χ0) is 36.9. The van der Waals surface area contributed by atoms with Gasteiger partial charge in [-0.3, -0.25) is 4.79 Å². The quantitative estimate of drug-likeness (QED) is 0.0714. The van der Waals surface area contributed by atoms with Crippen LogP contribution in [0.25, 0.3) is 33.6 Å². The summed E-state index contributed by atoms with van der Waals surface area (Å²) in [7, 11) is -6.09. The fourth-order valence-electron chi connectivity index (χ4n) is 7.35. The van der Waals surface area contributed by atoms with Crippen molar-refractivity contribution in [3.05, 3.63) is 137 Å². The van der Waals surface area contributed by atoms with Crippen LogP contribution in [0.5, 0.6) is 0 Å².